The van der Waals surface area contributed by atoms with E-state index in [9.17, 15) is 4.79 Å². The molecule has 0 radical (unpaired) electrons. The number of hydrogen-bond acceptors (Lipinski definition) is 2. The number of carbonyl (C=O) groups is 1. The summed E-state index contributed by atoms with van der Waals surface area (Å²) in [5, 5.41) is 3.29. The summed E-state index contributed by atoms with van der Waals surface area (Å²) in [5.74, 6) is 1.08. The first-order valence-corrected chi connectivity index (χ1v) is 6.53. The van der Waals surface area contributed by atoms with Crippen molar-refractivity contribution in [2.45, 2.75) is 59.0 Å². The van der Waals surface area contributed by atoms with Crippen molar-refractivity contribution in [2.24, 2.45) is 5.92 Å². The summed E-state index contributed by atoms with van der Waals surface area (Å²) in [5.41, 5.74) is 0. The van der Waals surface area contributed by atoms with Gasteiger partial charge < -0.3 is 10.2 Å². The molecule has 1 fully saturated rings. The Morgan fingerprint density at radius 2 is 1.94 bits per heavy atom. The van der Waals surface area contributed by atoms with Gasteiger partial charge in [0.25, 0.3) is 0 Å². The number of nitrogens with zero attached hydrogens (tertiary/aromatic N) is 1. The van der Waals surface area contributed by atoms with Gasteiger partial charge in [-0.05, 0) is 32.6 Å². The van der Waals surface area contributed by atoms with E-state index < -0.39 is 0 Å². The zero-order valence-electron chi connectivity index (χ0n) is 11.1. The molecule has 0 aromatic heterocycles. The summed E-state index contributed by atoms with van der Waals surface area (Å²) in [6.45, 7) is 10.2. The van der Waals surface area contributed by atoms with Gasteiger partial charge in [0, 0.05) is 31.6 Å². The van der Waals surface area contributed by atoms with Gasteiger partial charge in [-0.25, -0.2) is 0 Å². The summed E-state index contributed by atoms with van der Waals surface area (Å²) in [4.78, 5) is 14.1. The highest BCUT2D eigenvalue weighted by atomic mass is 16.2. The highest BCUT2D eigenvalue weighted by Crippen LogP contribution is 2.30. The Balaban J connectivity index is 2.28. The van der Waals surface area contributed by atoms with Gasteiger partial charge in [-0.1, -0.05) is 13.8 Å². The van der Waals surface area contributed by atoms with Gasteiger partial charge in [-0.3, -0.25) is 4.79 Å². The minimum atomic E-state index is 0.301. The van der Waals surface area contributed by atoms with Gasteiger partial charge in [0.1, 0.15) is 0 Å². The number of rotatable bonds is 7. The molecule has 0 spiro atoms. The van der Waals surface area contributed by atoms with E-state index in [-0.39, 0.29) is 0 Å². The second-order valence-corrected chi connectivity index (χ2v) is 5.44. The number of amides is 1. The summed E-state index contributed by atoms with van der Waals surface area (Å²) >= 11 is 0. The molecule has 1 N–H and O–H groups in total. The lowest BCUT2D eigenvalue weighted by atomic mass is 10.2. The monoisotopic (exact) mass is 226 g/mol. The highest BCUT2D eigenvalue weighted by molar-refractivity contribution is 5.76. The van der Waals surface area contributed by atoms with Crippen LogP contribution in [0.25, 0.3) is 0 Å². The maximum absolute atomic E-state index is 12.0. The van der Waals surface area contributed by atoms with Gasteiger partial charge in [0.2, 0.25) is 5.91 Å². The smallest absolute Gasteiger partial charge is 0.224 e. The Kier molecular flexibility index (Phi) is 5.26. The van der Waals surface area contributed by atoms with Gasteiger partial charge in [-0.2, -0.15) is 0 Å². The molecule has 1 aliphatic carbocycles. The van der Waals surface area contributed by atoms with Crippen LogP contribution in [0.5, 0.6) is 0 Å². The van der Waals surface area contributed by atoms with E-state index in [2.05, 4.69) is 33.0 Å². The molecule has 0 saturated heterocycles. The molecule has 3 heteroatoms. The molecule has 0 aliphatic heterocycles. The van der Waals surface area contributed by atoms with Crippen molar-refractivity contribution in [1.29, 1.82) is 0 Å². The van der Waals surface area contributed by atoms with Crippen LogP contribution in [0.1, 0.15) is 47.0 Å². The van der Waals surface area contributed by atoms with Crippen LogP contribution in [-0.4, -0.2) is 36.0 Å². The SMILES string of the molecule is CC(C)NCCC(=O)N(CC1CC1)C(C)C. The molecule has 0 atom stereocenters. The Morgan fingerprint density at radius 1 is 1.31 bits per heavy atom. The van der Waals surface area contributed by atoms with Crippen molar-refractivity contribution >= 4 is 5.91 Å². The molecule has 16 heavy (non-hydrogen) atoms. The maximum atomic E-state index is 12.0. The fourth-order valence-corrected chi connectivity index (χ4v) is 1.79. The van der Waals surface area contributed by atoms with Crippen LogP contribution in [0, 0.1) is 5.92 Å². The average molecular weight is 226 g/mol. The summed E-state index contributed by atoms with van der Waals surface area (Å²) in [6, 6.07) is 0.802. The average Bonchev–Trinajstić information content (AvgIpc) is 2.96. The summed E-state index contributed by atoms with van der Waals surface area (Å²) in [7, 11) is 0. The highest BCUT2D eigenvalue weighted by Gasteiger charge is 2.27. The van der Waals surface area contributed by atoms with Crippen LogP contribution in [0.3, 0.4) is 0 Å². The normalized spacial score (nSPS) is 15.9. The first kappa shape index (κ1) is 13.5. The molecule has 1 rings (SSSR count). The third-order valence-corrected chi connectivity index (χ3v) is 2.99. The Morgan fingerprint density at radius 3 is 2.38 bits per heavy atom. The van der Waals surface area contributed by atoms with Crippen LogP contribution >= 0.6 is 0 Å². The first-order chi connectivity index (χ1) is 7.50. The Bertz CT molecular complexity index is 222. The molecular formula is C13H26N2O. The molecule has 1 amide bonds. The van der Waals surface area contributed by atoms with E-state index in [1.807, 2.05) is 4.90 Å². The number of carbonyl (C=O) groups excluding carboxylic acids is 1. The van der Waals surface area contributed by atoms with Crippen molar-refractivity contribution < 1.29 is 4.79 Å². The molecule has 94 valence electrons. The van der Waals surface area contributed by atoms with E-state index in [0.717, 1.165) is 19.0 Å². The fraction of sp³-hybridized carbons (Fsp3) is 0.923. The van der Waals surface area contributed by atoms with Crippen molar-refractivity contribution in [3.8, 4) is 0 Å². The van der Waals surface area contributed by atoms with E-state index >= 15 is 0 Å². The zero-order valence-corrected chi connectivity index (χ0v) is 11.1. The quantitative estimate of drug-likeness (QED) is 0.720. The molecule has 0 bridgehead atoms. The molecule has 0 aromatic carbocycles. The van der Waals surface area contributed by atoms with Crippen LogP contribution in [0.2, 0.25) is 0 Å². The lowest BCUT2D eigenvalue weighted by Crippen LogP contribution is -2.40. The fourth-order valence-electron chi connectivity index (χ4n) is 1.79. The topological polar surface area (TPSA) is 32.3 Å². The zero-order chi connectivity index (χ0) is 12.1. The van der Waals surface area contributed by atoms with E-state index in [4.69, 9.17) is 0 Å². The second kappa shape index (κ2) is 6.24. The summed E-state index contributed by atoms with van der Waals surface area (Å²) in [6.07, 6.45) is 3.24. The number of hydrogen-bond donors (Lipinski definition) is 1. The van der Waals surface area contributed by atoms with E-state index in [0.29, 0.717) is 24.4 Å². The van der Waals surface area contributed by atoms with Crippen molar-refractivity contribution in [3.05, 3.63) is 0 Å². The van der Waals surface area contributed by atoms with Crippen molar-refractivity contribution in [3.63, 3.8) is 0 Å². The van der Waals surface area contributed by atoms with Crippen LogP contribution in [0.15, 0.2) is 0 Å². The Labute approximate surface area is 99.6 Å². The lowest BCUT2D eigenvalue weighted by Gasteiger charge is -2.27. The van der Waals surface area contributed by atoms with E-state index in [1.54, 1.807) is 0 Å². The molecule has 0 unspecified atom stereocenters. The van der Waals surface area contributed by atoms with Gasteiger partial charge in [-0.15, -0.1) is 0 Å². The summed E-state index contributed by atoms with van der Waals surface area (Å²) < 4.78 is 0. The van der Waals surface area contributed by atoms with Crippen LogP contribution < -0.4 is 5.32 Å². The van der Waals surface area contributed by atoms with Crippen molar-refractivity contribution in [2.75, 3.05) is 13.1 Å². The van der Waals surface area contributed by atoms with E-state index in [1.165, 1.54) is 12.8 Å². The lowest BCUT2D eigenvalue weighted by molar-refractivity contribution is -0.133. The standard InChI is InChI=1S/C13H26N2O/c1-10(2)14-8-7-13(16)15(11(3)4)9-12-5-6-12/h10-12,14H,5-9H2,1-4H3. The van der Waals surface area contributed by atoms with Gasteiger partial charge in [0.05, 0.1) is 0 Å². The number of nitrogens with one attached hydrogen (secondary N) is 1. The Hall–Kier alpha value is -0.570. The van der Waals surface area contributed by atoms with Crippen molar-refractivity contribution in [1.82, 2.24) is 10.2 Å². The first-order valence-electron chi connectivity index (χ1n) is 6.53. The molecule has 3 nitrogen and oxygen atoms in total. The molecule has 0 heterocycles. The predicted molar refractivity (Wildman–Crippen MR) is 67.3 cm³/mol. The largest absolute Gasteiger partial charge is 0.340 e. The molecule has 0 aromatic rings. The van der Waals surface area contributed by atoms with Crippen LogP contribution in [0.4, 0.5) is 0 Å². The molecular weight excluding hydrogens is 200 g/mol. The second-order valence-electron chi connectivity index (χ2n) is 5.44. The minimum Gasteiger partial charge on any atom is -0.340 e. The molecule has 1 saturated carbocycles. The minimum absolute atomic E-state index is 0.301. The van der Waals surface area contributed by atoms with Crippen LogP contribution in [-0.2, 0) is 4.79 Å². The third-order valence-electron chi connectivity index (χ3n) is 2.99. The van der Waals surface area contributed by atoms with Gasteiger partial charge >= 0.3 is 0 Å². The van der Waals surface area contributed by atoms with Gasteiger partial charge in [0.15, 0.2) is 0 Å². The predicted octanol–water partition coefficient (Wildman–Crippen LogP) is 2.02. The molecule has 1 aliphatic rings. The third kappa shape index (κ3) is 4.97. The maximum Gasteiger partial charge on any atom is 0.224 e.